The molecule has 35 heavy (non-hydrogen) atoms. The van der Waals surface area contributed by atoms with Crippen LogP contribution in [-0.2, 0) is 29.1 Å². The molecule has 9 heteroatoms. The van der Waals surface area contributed by atoms with Crippen LogP contribution in [-0.4, -0.2) is 48.0 Å². The van der Waals surface area contributed by atoms with Crippen molar-refractivity contribution in [1.29, 1.82) is 0 Å². The molecule has 1 saturated heterocycles. The first-order valence-corrected chi connectivity index (χ1v) is 12.7. The van der Waals surface area contributed by atoms with Crippen molar-refractivity contribution in [3.63, 3.8) is 0 Å². The van der Waals surface area contributed by atoms with Gasteiger partial charge < -0.3 is 19.7 Å². The third-order valence-corrected chi connectivity index (χ3v) is 7.62. The molecule has 3 aliphatic heterocycles. The lowest BCUT2D eigenvalue weighted by atomic mass is 10.1. The number of anilines is 2. The average Bonchev–Trinajstić information content (AvgIpc) is 3.47. The third kappa shape index (κ3) is 4.61. The van der Waals surface area contributed by atoms with E-state index in [-0.39, 0.29) is 18.2 Å². The molecule has 0 spiro atoms. The fourth-order valence-corrected chi connectivity index (χ4v) is 5.87. The molecule has 0 unspecified atom stereocenters. The Morgan fingerprint density at radius 2 is 1.94 bits per heavy atom. The highest BCUT2D eigenvalue weighted by molar-refractivity contribution is 7.15. The van der Waals surface area contributed by atoms with Gasteiger partial charge in [0.25, 0.3) is 0 Å². The van der Waals surface area contributed by atoms with Gasteiger partial charge in [-0.05, 0) is 17.7 Å². The number of amides is 2. The number of hydrogen-bond acceptors (Lipinski definition) is 7. The van der Waals surface area contributed by atoms with E-state index >= 15 is 0 Å². The van der Waals surface area contributed by atoms with E-state index in [0.29, 0.717) is 36.4 Å². The predicted molar refractivity (Wildman–Crippen MR) is 133 cm³/mol. The average molecular weight is 491 g/mol. The number of benzene rings is 2. The van der Waals surface area contributed by atoms with Gasteiger partial charge in [0.05, 0.1) is 11.6 Å². The topological polar surface area (TPSA) is 84.0 Å². The monoisotopic (exact) mass is 490 g/mol. The Bertz CT molecular complexity index is 1260. The molecule has 0 saturated carbocycles. The van der Waals surface area contributed by atoms with Gasteiger partial charge >= 0.3 is 0 Å². The Labute approximate surface area is 207 Å². The number of aromatic nitrogens is 1. The molecule has 1 atom stereocenters. The molecule has 2 amide bonds. The van der Waals surface area contributed by atoms with Gasteiger partial charge in [0, 0.05) is 55.7 Å². The summed E-state index contributed by atoms with van der Waals surface area (Å²) in [7, 11) is 0. The molecule has 3 aromatic rings. The lowest BCUT2D eigenvalue weighted by molar-refractivity contribution is -0.122. The summed E-state index contributed by atoms with van der Waals surface area (Å²) in [6.45, 7) is 4.01. The number of nitrogens with one attached hydrogen (secondary N) is 1. The van der Waals surface area contributed by atoms with Gasteiger partial charge in [0.1, 0.15) is 13.2 Å². The maximum absolute atomic E-state index is 13.0. The Morgan fingerprint density at radius 3 is 2.80 bits per heavy atom. The Morgan fingerprint density at radius 1 is 1.11 bits per heavy atom. The summed E-state index contributed by atoms with van der Waals surface area (Å²) in [5, 5.41) is 3.59. The molecule has 1 aromatic heterocycles. The third-order valence-electron chi connectivity index (χ3n) is 6.62. The van der Waals surface area contributed by atoms with Crippen molar-refractivity contribution in [2.45, 2.75) is 25.9 Å². The molecule has 0 radical (unpaired) electrons. The van der Waals surface area contributed by atoms with E-state index in [1.54, 1.807) is 4.90 Å². The van der Waals surface area contributed by atoms with Crippen LogP contribution in [0, 0.1) is 5.92 Å². The van der Waals surface area contributed by atoms with Gasteiger partial charge in [0.15, 0.2) is 16.6 Å². The molecule has 0 aliphatic carbocycles. The quantitative estimate of drug-likeness (QED) is 0.590. The first-order valence-electron chi connectivity index (χ1n) is 11.9. The lowest BCUT2D eigenvalue weighted by Crippen LogP contribution is -2.29. The highest BCUT2D eigenvalue weighted by Gasteiger charge is 2.36. The first kappa shape index (κ1) is 22.1. The molecular formula is C26H26N4O4S. The first-order chi connectivity index (χ1) is 17.1. The van der Waals surface area contributed by atoms with Crippen LogP contribution in [0.1, 0.15) is 22.6 Å². The van der Waals surface area contributed by atoms with E-state index in [9.17, 15) is 9.59 Å². The fraction of sp³-hybridized carbons (Fsp3) is 0.346. The van der Waals surface area contributed by atoms with Gasteiger partial charge in [-0.25, -0.2) is 4.98 Å². The van der Waals surface area contributed by atoms with Gasteiger partial charge in [-0.2, -0.15) is 0 Å². The number of nitrogens with zero attached hydrogens (tertiary/aromatic N) is 3. The Balaban J connectivity index is 1.09. The minimum Gasteiger partial charge on any atom is -0.486 e. The minimum atomic E-state index is -0.425. The summed E-state index contributed by atoms with van der Waals surface area (Å²) in [5.74, 6) is 0.647. The minimum absolute atomic E-state index is 0.0724. The van der Waals surface area contributed by atoms with Gasteiger partial charge in [-0.3, -0.25) is 14.5 Å². The normalized spacial score (nSPS) is 19.5. The maximum Gasteiger partial charge on any atom is 0.231 e. The second kappa shape index (κ2) is 9.31. The smallest absolute Gasteiger partial charge is 0.231 e. The number of carbonyl (C=O) groups is 2. The SMILES string of the molecule is O=C(Nc1nc2c(s1)CN(Cc1ccccc1)CC2)[C@@H]1CC(=O)N(c2ccc3c(c2)OCCO3)C1. The summed E-state index contributed by atoms with van der Waals surface area (Å²) >= 11 is 1.54. The molecule has 8 nitrogen and oxygen atoms in total. The molecule has 2 aromatic carbocycles. The van der Waals surface area contributed by atoms with Gasteiger partial charge in [0.2, 0.25) is 11.8 Å². The second-order valence-corrected chi connectivity index (χ2v) is 10.1. The number of thiazole rings is 1. The molecule has 1 N–H and O–H groups in total. The summed E-state index contributed by atoms with van der Waals surface area (Å²) in [4.78, 5) is 35.7. The molecule has 6 rings (SSSR count). The van der Waals surface area contributed by atoms with Crippen molar-refractivity contribution in [3.05, 3.63) is 64.7 Å². The van der Waals surface area contributed by atoms with E-state index in [0.717, 1.165) is 37.4 Å². The second-order valence-electron chi connectivity index (χ2n) is 9.06. The number of fused-ring (bicyclic) bond motifs is 2. The highest BCUT2D eigenvalue weighted by Crippen LogP contribution is 2.36. The highest BCUT2D eigenvalue weighted by atomic mass is 32.1. The van der Waals surface area contributed by atoms with E-state index < -0.39 is 5.92 Å². The van der Waals surface area contributed by atoms with E-state index in [1.165, 1.54) is 21.8 Å². The summed E-state index contributed by atoms with van der Waals surface area (Å²) < 4.78 is 11.2. The summed E-state index contributed by atoms with van der Waals surface area (Å²) in [5.41, 5.74) is 3.08. The summed E-state index contributed by atoms with van der Waals surface area (Å²) in [6.07, 6.45) is 1.05. The van der Waals surface area contributed by atoms with Crippen LogP contribution >= 0.6 is 11.3 Å². The Kier molecular flexibility index (Phi) is 5.87. The van der Waals surface area contributed by atoms with Crippen molar-refractivity contribution in [2.24, 2.45) is 5.92 Å². The molecule has 4 heterocycles. The van der Waals surface area contributed by atoms with E-state index in [4.69, 9.17) is 9.47 Å². The van der Waals surface area contributed by atoms with Crippen LogP contribution in [0.25, 0.3) is 0 Å². The molecular weight excluding hydrogens is 464 g/mol. The van der Waals surface area contributed by atoms with Crippen LogP contribution in [0.15, 0.2) is 48.5 Å². The molecule has 1 fully saturated rings. The zero-order valence-electron chi connectivity index (χ0n) is 19.2. The van der Waals surface area contributed by atoms with Crippen molar-refractivity contribution in [1.82, 2.24) is 9.88 Å². The number of hydrogen-bond donors (Lipinski definition) is 1. The number of carbonyl (C=O) groups excluding carboxylic acids is 2. The zero-order chi connectivity index (χ0) is 23.8. The maximum atomic E-state index is 13.0. The van der Waals surface area contributed by atoms with Crippen LogP contribution in [0.4, 0.5) is 10.8 Å². The van der Waals surface area contributed by atoms with Crippen LogP contribution in [0.3, 0.4) is 0 Å². The zero-order valence-corrected chi connectivity index (χ0v) is 20.1. The molecule has 3 aliphatic rings. The number of rotatable bonds is 5. The Hall–Kier alpha value is -3.43. The van der Waals surface area contributed by atoms with Crippen LogP contribution < -0.4 is 19.7 Å². The van der Waals surface area contributed by atoms with Crippen molar-refractivity contribution >= 4 is 34.0 Å². The molecule has 0 bridgehead atoms. The van der Waals surface area contributed by atoms with Gasteiger partial charge in [-0.15, -0.1) is 11.3 Å². The summed E-state index contributed by atoms with van der Waals surface area (Å²) in [6, 6.07) is 15.9. The standard InChI is InChI=1S/C26H26N4O4S/c31-24-12-18(15-30(24)19-6-7-21-22(13-19)34-11-10-33-21)25(32)28-26-27-20-8-9-29(16-23(20)35-26)14-17-4-2-1-3-5-17/h1-7,13,18H,8-12,14-16H2,(H,27,28,32)/t18-/m1/s1. The largest absolute Gasteiger partial charge is 0.486 e. The molecule has 180 valence electrons. The van der Waals surface area contributed by atoms with Crippen molar-refractivity contribution < 1.29 is 19.1 Å². The number of ether oxygens (including phenoxy) is 2. The van der Waals surface area contributed by atoms with Crippen molar-refractivity contribution in [2.75, 3.05) is 36.5 Å². The van der Waals surface area contributed by atoms with E-state index in [1.807, 2.05) is 24.3 Å². The predicted octanol–water partition coefficient (Wildman–Crippen LogP) is 3.46. The van der Waals surface area contributed by atoms with Crippen LogP contribution in [0.2, 0.25) is 0 Å². The van der Waals surface area contributed by atoms with Crippen LogP contribution in [0.5, 0.6) is 11.5 Å². The van der Waals surface area contributed by atoms with Gasteiger partial charge in [-0.1, -0.05) is 30.3 Å². The van der Waals surface area contributed by atoms with Crippen molar-refractivity contribution in [3.8, 4) is 11.5 Å². The lowest BCUT2D eigenvalue weighted by Gasteiger charge is -2.25. The fourth-order valence-electron chi connectivity index (χ4n) is 4.82. The van der Waals surface area contributed by atoms with E-state index in [2.05, 4.69) is 39.5 Å².